The summed E-state index contributed by atoms with van der Waals surface area (Å²) in [5, 5.41) is 9.37. The summed E-state index contributed by atoms with van der Waals surface area (Å²) in [6.45, 7) is 0. The maximum Gasteiger partial charge on any atom is 0.100 e. The quantitative estimate of drug-likeness (QED) is 0.665. The molecule has 0 spiro atoms. The Morgan fingerprint density at radius 3 is 2.78 bits per heavy atom. The molecular weight excluding hydrogens is 246 g/mol. The molecule has 0 N–H and O–H groups in total. The highest BCUT2D eigenvalue weighted by Crippen LogP contribution is 2.25. The van der Waals surface area contributed by atoms with Gasteiger partial charge in [-0.15, -0.1) is 0 Å². The highest BCUT2D eigenvalue weighted by molar-refractivity contribution is 6.32. The van der Waals surface area contributed by atoms with Crippen LogP contribution in [0.2, 0.25) is 5.02 Å². The van der Waals surface area contributed by atoms with E-state index in [4.69, 9.17) is 16.9 Å². The molecule has 0 fully saturated rings. The van der Waals surface area contributed by atoms with Crippen molar-refractivity contribution in [3.8, 4) is 11.8 Å². The first-order valence-electron chi connectivity index (χ1n) is 5.42. The van der Waals surface area contributed by atoms with Crippen LogP contribution in [0.15, 0.2) is 48.8 Å². The predicted molar refractivity (Wildman–Crippen MR) is 70.8 cm³/mol. The summed E-state index contributed by atoms with van der Waals surface area (Å²) in [5.74, 6) is 0. The fourth-order valence-corrected chi connectivity index (χ4v) is 2.19. The Morgan fingerprint density at radius 1 is 1.17 bits per heavy atom. The van der Waals surface area contributed by atoms with Crippen LogP contribution in [-0.4, -0.2) is 9.55 Å². The zero-order valence-corrected chi connectivity index (χ0v) is 10.1. The lowest BCUT2D eigenvalue weighted by Gasteiger charge is -2.06. The van der Waals surface area contributed by atoms with E-state index in [2.05, 4.69) is 11.1 Å². The molecule has 4 heteroatoms. The molecule has 0 atom stereocenters. The Kier molecular flexibility index (Phi) is 2.51. The number of halogens is 1. The van der Waals surface area contributed by atoms with E-state index in [9.17, 15) is 0 Å². The second-order valence-electron chi connectivity index (χ2n) is 3.88. The third kappa shape index (κ3) is 1.64. The zero-order chi connectivity index (χ0) is 12.5. The van der Waals surface area contributed by atoms with E-state index in [1.165, 1.54) is 0 Å². The van der Waals surface area contributed by atoms with Crippen molar-refractivity contribution in [2.75, 3.05) is 0 Å². The Hall–Kier alpha value is -2.31. The molecule has 3 rings (SSSR count). The highest BCUT2D eigenvalue weighted by atomic mass is 35.5. The minimum atomic E-state index is 0.539. The molecule has 1 heterocycles. The molecule has 1 aromatic heterocycles. The number of nitriles is 1. The molecule has 0 unspecified atom stereocenters. The van der Waals surface area contributed by atoms with Crippen molar-refractivity contribution in [1.29, 1.82) is 5.26 Å². The first-order chi connectivity index (χ1) is 8.79. The van der Waals surface area contributed by atoms with E-state index in [1.54, 1.807) is 18.5 Å². The average Bonchev–Trinajstić information content (AvgIpc) is 2.82. The van der Waals surface area contributed by atoms with Crippen molar-refractivity contribution in [2.24, 2.45) is 0 Å². The molecule has 0 aliphatic carbocycles. The monoisotopic (exact) mass is 253 g/mol. The van der Waals surface area contributed by atoms with Gasteiger partial charge in [0.1, 0.15) is 6.33 Å². The van der Waals surface area contributed by atoms with Crippen molar-refractivity contribution < 1.29 is 0 Å². The number of hydrogen-bond donors (Lipinski definition) is 0. The van der Waals surface area contributed by atoms with Gasteiger partial charge in [-0.2, -0.15) is 5.26 Å². The lowest BCUT2D eigenvalue weighted by atomic mass is 10.2. The van der Waals surface area contributed by atoms with Crippen molar-refractivity contribution >= 4 is 22.6 Å². The number of para-hydroxylation sites is 2. The molecular formula is C14H8ClN3. The Labute approximate surface area is 109 Å². The van der Waals surface area contributed by atoms with Crippen molar-refractivity contribution in [1.82, 2.24) is 9.55 Å². The van der Waals surface area contributed by atoms with E-state index in [-0.39, 0.29) is 0 Å². The van der Waals surface area contributed by atoms with Crippen LogP contribution in [0.1, 0.15) is 5.56 Å². The van der Waals surface area contributed by atoms with E-state index in [1.807, 2.05) is 34.9 Å². The summed E-state index contributed by atoms with van der Waals surface area (Å²) in [6.07, 6.45) is 1.73. The SMILES string of the molecule is N#Cc1ccc(-n2cnc3ccccc32)c(Cl)c1. The summed E-state index contributed by atoms with van der Waals surface area (Å²) in [7, 11) is 0. The van der Waals surface area contributed by atoms with Gasteiger partial charge >= 0.3 is 0 Å². The first-order valence-corrected chi connectivity index (χ1v) is 5.79. The van der Waals surface area contributed by atoms with E-state index >= 15 is 0 Å². The van der Waals surface area contributed by atoms with Crippen LogP contribution in [-0.2, 0) is 0 Å². The smallest absolute Gasteiger partial charge is 0.100 e. The van der Waals surface area contributed by atoms with Gasteiger partial charge in [0.25, 0.3) is 0 Å². The van der Waals surface area contributed by atoms with Crippen molar-refractivity contribution in [3.63, 3.8) is 0 Å². The molecule has 0 saturated heterocycles. The molecule has 0 radical (unpaired) electrons. The zero-order valence-electron chi connectivity index (χ0n) is 9.34. The van der Waals surface area contributed by atoms with Crippen LogP contribution in [0.25, 0.3) is 16.7 Å². The number of nitrogens with zero attached hydrogens (tertiary/aromatic N) is 3. The fourth-order valence-electron chi connectivity index (χ4n) is 1.92. The third-order valence-corrected chi connectivity index (χ3v) is 3.09. The van der Waals surface area contributed by atoms with Crippen LogP contribution >= 0.6 is 11.6 Å². The van der Waals surface area contributed by atoms with Gasteiger partial charge in [0.2, 0.25) is 0 Å². The maximum absolute atomic E-state index is 8.83. The van der Waals surface area contributed by atoms with E-state index in [0.29, 0.717) is 10.6 Å². The standard InChI is InChI=1S/C14H8ClN3/c15-11-7-10(8-16)5-6-13(11)18-9-17-12-3-1-2-4-14(12)18/h1-7,9H. The van der Waals surface area contributed by atoms with Gasteiger partial charge in [-0.1, -0.05) is 23.7 Å². The second-order valence-corrected chi connectivity index (χ2v) is 4.29. The number of hydrogen-bond acceptors (Lipinski definition) is 2. The van der Waals surface area contributed by atoms with Crippen LogP contribution in [0, 0.1) is 11.3 Å². The Balaban J connectivity index is 2.24. The summed E-state index contributed by atoms with van der Waals surface area (Å²) in [4.78, 5) is 4.32. The molecule has 3 aromatic rings. The number of fused-ring (bicyclic) bond motifs is 1. The molecule has 86 valence electrons. The topological polar surface area (TPSA) is 41.6 Å². The average molecular weight is 254 g/mol. The second kappa shape index (κ2) is 4.17. The van der Waals surface area contributed by atoms with Gasteiger partial charge in [0.05, 0.1) is 33.4 Å². The molecule has 0 bridgehead atoms. The lowest BCUT2D eigenvalue weighted by Crippen LogP contribution is -1.93. The number of aromatic nitrogens is 2. The normalized spacial score (nSPS) is 10.4. The summed E-state index contributed by atoms with van der Waals surface area (Å²) in [6, 6.07) is 15.1. The molecule has 2 aromatic carbocycles. The summed E-state index contributed by atoms with van der Waals surface area (Å²) in [5.41, 5.74) is 3.28. The molecule has 3 nitrogen and oxygen atoms in total. The molecule has 0 amide bonds. The van der Waals surface area contributed by atoms with Crippen molar-refractivity contribution in [2.45, 2.75) is 0 Å². The summed E-state index contributed by atoms with van der Waals surface area (Å²) < 4.78 is 1.92. The minimum absolute atomic E-state index is 0.539. The number of rotatable bonds is 1. The molecule has 0 aliphatic heterocycles. The van der Waals surface area contributed by atoms with Gasteiger partial charge in [0, 0.05) is 0 Å². The maximum atomic E-state index is 8.83. The summed E-state index contributed by atoms with van der Waals surface area (Å²) >= 11 is 6.20. The van der Waals surface area contributed by atoms with Crippen LogP contribution in [0.3, 0.4) is 0 Å². The van der Waals surface area contributed by atoms with E-state index < -0.39 is 0 Å². The van der Waals surface area contributed by atoms with Crippen molar-refractivity contribution in [3.05, 3.63) is 59.4 Å². The third-order valence-electron chi connectivity index (χ3n) is 2.79. The number of benzene rings is 2. The fraction of sp³-hybridized carbons (Fsp3) is 0. The Morgan fingerprint density at radius 2 is 2.00 bits per heavy atom. The van der Waals surface area contributed by atoms with Gasteiger partial charge in [-0.25, -0.2) is 4.98 Å². The minimum Gasteiger partial charge on any atom is -0.297 e. The van der Waals surface area contributed by atoms with Gasteiger partial charge in [-0.05, 0) is 30.3 Å². The molecule has 0 aliphatic rings. The van der Waals surface area contributed by atoms with Gasteiger partial charge < -0.3 is 0 Å². The Bertz CT molecular complexity index is 768. The molecule has 0 saturated carbocycles. The van der Waals surface area contributed by atoms with Crippen LogP contribution < -0.4 is 0 Å². The largest absolute Gasteiger partial charge is 0.297 e. The van der Waals surface area contributed by atoms with Gasteiger partial charge in [-0.3, -0.25) is 4.57 Å². The number of imidazole rings is 1. The van der Waals surface area contributed by atoms with Crippen LogP contribution in [0.5, 0.6) is 0 Å². The predicted octanol–water partition coefficient (Wildman–Crippen LogP) is 3.55. The first kappa shape index (κ1) is 10.8. The van der Waals surface area contributed by atoms with E-state index in [0.717, 1.165) is 16.7 Å². The van der Waals surface area contributed by atoms with Gasteiger partial charge in [0.15, 0.2) is 0 Å². The molecule has 18 heavy (non-hydrogen) atoms. The lowest BCUT2D eigenvalue weighted by molar-refractivity contribution is 1.09. The highest BCUT2D eigenvalue weighted by Gasteiger charge is 2.07. The van der Waals surface area contributed by atoms with Crippen LogP contribution in [0.4, 0.5) is 0 Å².